The number of carbonyl (C=O) groups is 1. The number of rotatable bonds is 3. The van der Waals surface area contributed by atoms with Crippen LogP contribution in [0, 0.1) is 12.8 Å². The molecule has 1 saturated carbocycles. The van der Waals surface area contributed by atoms with Crippen molar-refractivity contribution in [1.29, 1.82) is 0 Å². The van der Waals surface area contributed by atoms with E-state index in [1.54, 1.807) is 6.07 Å². The maximum Gasteiger partial charge on any atom is 0.269 e. The number of carbonyl (C=O) groups excluding carboxylic acids is 1. The summed E-state index contributed by atoms with van der Waals surface area (Å²) < 4.78 is 0. The van der Waals surface area contributed by atoms with Gasteiger partial charge in [-0.05, 0) is 37.8 Å². The standard InChI is InChI=1S/C14H19BrN2O/c1-10-5-4-8-13(17-10)14(18)16-9-11-6-2-3-7-12(11)15/h4-5,8,11-12H,2-3,6-7,9H2,1H3,(H,16,18). The van der Waals surface area contributed by atoms with Gasteiger partial charge in [0, 0.05) is 17.1 Å². The zero-order valence-corrected chi connectivity index (χ0v) is 12.2. The first kappa shape index (κ1) is 13.5. The number of halogens is 1. The number of hydrogen-bond acceptors (Lipinski definition) is 2. The second kappa shape index (κ2) is 6.32. The van der Waals surface area contributed by atoms with Gasteiger partial charge in [0.15, 0.2) is 0 Å². The van der Waals surface area contributed by atoms with E-state index in [4.69, 9.17) is 0 Å². The molecule has 18 heavy (non-hydrogen) atoms. The molecular formula is C14H19BrN2O. The van der Waals surface area contributed by atoms with Gasteiger partial charge >= 0.3 is 0 Å². The van der Waals surface area contributed by atoms with Crippen molar-refractivity contribution < 1.29 is 4.79 Å². The second-order valence-electron chi connectivity index (χ2n) is 4.93. The molecule has 1 amide bonds. The fourth-order valence-corrected chi connectivity index (χ4v) is 3.15. The van der Waals surface area contributed by atoms with Crippen molar-refractivity contribution in [2.75, 3.05) is 6.54 Å². The van der Waals surface area contributed by atoms with Gasteiger partial charge in [-0.2, -0.15) is 0 Å². The molecule has 1 fully saturated rings. The molecule has 1 heterocycles. The normalized spacial score (nSPS) is 23.7. The van der Waals surface area contributed by atoms with Crippen LogP contribution in [0.15, 0.2) is 18.2 Å². The van der Waals surface area contributed by atoms with Crippen molar-refractivity contribution in [2.45, 2.75) is 37.4 Å². The molecule has 0 bridgehead atoms. The van der Waals surface area contributed by atoms with Crippen LogP contribution < -0.4 is 5.32 Å². The van der Waals surface area contributed by atoms with Gasteiger partial charge in [-0.25, -0.2) is 4.98 Å². The van der Waals surface area contributed by atoms with E-state index in [0.29, 0.717) is 16.4 Å². The van der Waals surface area contributed by atoms with E-state index in [-0.39, 0.29) is 5.91 Å². The third-order valence-corrected chi connectivity index (χ3v) is 4.67. The molecule has 1 aliphatic carbocycles. The Morgan fingerprint density at radius 3 is 2.94 bits per heavy atom. The molecule has 2 atom stereocenters. The molecule has 98 valence electrons. The van der Waals surface area contributed by atoms with Crippen LogP contribution in [0.3, 0.4) is 0 Å². The van der Waals surface area contributed by atoms with Gasteiger partial charge in [-0.3, -0.25) is 4.79 Å². The van der Waals surface area contributed by atoms with Crippen LogP contribution in [-0.4, -0.2) is 22.3 Å². The third kappa shape index (κ3) is 3.55. The molecular weight excluding hydrogens is 292 g/mol. The van der Waals surface area contributed by atoms with Gasteiger partial charge in [0.25, 0.3) is 5.91 Å². The van der Waals surface area contributed by atoms with E-state index in [9.17, 15) is 4.79 Å². The predicted molar refractivity (Wildman–Crippen MR) is 76.0 cm³/mol. The lowest BCUT2D eigenvalue weighted by molar-refractivity contribution is 0.0939. The zero-order valence-electron chi connectivity index (χ0n) is 10.7. The number of aromatic nitrogens is 1. The number of alkyl halides is 1. The van der Waals surface area contributed by atoms with Crippen molar-refractivity contribution in [3.63, 3.8) is 0 Å². The molecule has 0 aliphatic heterocycles. The molecule has 0 radical (unpaired) electrons. The van der Waals surface area contributed by atoms with E-state index in [1.807, 2.05) is 19.1 Å². The lowest BCUT2D eigenvalue weighted by atomic mass is 9.89. The summed E-state index contributed by atoms with van der Waals surface area (Å²) in [6.07, 6.45) is 4.96. The maximum absolute atomic E-state index is 12.0. The molecule has 1 aliphatic rings. The summed E-state index contributed by atoms with van der Waals surface area (Å²) >= 11 is 3.71. The monoisotopic (exact) mass is 310 g/mol. The Morgan fingerprint density at radius 2 is 2.22 bits per heavy atom. The van der Waals surface area contributed by atoms with Gasteiger partial charge in [0.1, 0.15) is 5.69 Å². The number of nitrogens with zero attached hydrogens (tertiary/aromatic N) is 1. The summed E-state index contributed by atoms with van der Waals surface area (Å²) in [5, 5.41) is 2.99. The highest BCUT2D eigenvalue weighted by molar-refractivity contribution is 9.09. The molecule has 2 rings (SSSR count). The molecule has 0 aromatic carbocycles. The highest BCUT2D eigenvalue weighted by Gasteiger charge is 2.23. The van der Waals surface area contributed by atoms with Gasteiger partial charge in [0.05, 0.1) is 0 Å². The van der Waals surface area contributed by atoms with Crippen LogP contribution in [-0.2, 0) is 0 Å². The summed E-state index contributed by atoms with van der Waals surface area (Å²) in [6, 6.07) is 5.52. The van der Waals surface area contributed by atoms with Crippen molar-refractivity contribution in [3.05, 3.63) is 29.6 Å². The summed E-state index contributed by atoms with van der Waals surface area (Å²) in [4.78, 5) is 16.7. The minimum atomic E-state index is -0.0658. The Bertz CT molecular complexity index is 422. The quantitative estimate of drug-likeness (QED) is 0.872. The molecule has 1 aromatic rings. The highest BCUT2D eigenvalue weighted by Crippen LogP contribution is 2.29. The average Bonchev–Trinajstić information content (AvgIpc) is 2.37. The Morgan fingerprint density at radius 1 is 1.44 bits per heavy atom. The number of amides is 1. The average molecular weight is 311 g/mol. The second-order valence-corrected chi connectivity index (χ2v) is 6.11. The molecule has 0 saturated heterocycles. The maximum atomic E-state index is 12.0. The van der Waals surface area contributed by atoms with Gasteiger partial charge in [-0.1, -0.05) is 34.8 Å². The van der Waals surface area contributed by atoms with E-state index < -0.39 is 0 Å². The van der Waals surface area contributed by atoms with Crippen LogP contribution in [0.5, 0.6) is 0 Å². The molecule has 2 unspecified atom stereocenters. The van der Waals surface area contributed by atoms with Crippen molar-refractivity contribution in [3.8, 4) is 0 Å². The molecule has 0 spiro atoms. The minimum Gasteiger partial charge on any atom is -0.350 e. The van der Waals surface area contributed by atoms with E-state index in [0.717, 1.165) is 12.2 Å². The molecule has 1 aromatic heterocycles. The number of aryl methyl sites for hydroxylation is 1. The molecule has 4 heteroatoms. The van der Waals surface area contributed by atoms with E-state index in [2.05, 4.69) is 26.2 Å². The van der Waals surface area contributed by atoms with Crippen LogP contribution >= 0.6 is 15.9 Å². The summed E-state index contributed by atoms with van der Waals surface area (Å²) in [5.74, 6) is 0.483. The predicted octanol–water partition coefficient (Wildman–Crippen LogP) is 3.07. The first-order chi connectivity index (χ1) is 8.66. The fraction of sp³-hybridized carbons (Fsp3) is 0.571. The first-order valence-corrected chi connectivity index (χ1v) is 7.44. The van der Waals surface area contributed by atoms with Crippen molar-refractivity contribution in [2.24, 2.45) is 5.92 Å². The summed E-state index contributed by atoms with van der Waals surface area (Å²) in [5.41, 5.74) is 1.38. The largest absolute Gasteiger partial charge is 0.350 e. The third-order valence-electron chi connectivity index (χ3n) is 3.46. The Balaban J connectivity index is 1.88. The van der Waals surface area contributed by atoms with Crippen LogP contribution in [0.2, 0.25) is 0 Å². The topological polar surface area (TPSA) is 42.0 Å². The smallest absolute Gasteiger partial charge is 0.269 e. The first-order valence-electron chi connectivity index (χ1n) is 6.53. The van der Waals surface area contributed by atoms with E-state index in [1.165, 1.54) is 25.7 Å². The van der Waals surface area contributed by atoms with Crippen LogP contribution in [0.25, 0.3) is 0 Å². The number of pyridine rings is 1. The van der Waals surface area contributed by atoms with Gasteiger partial charge in [-0.15, -0.1) is 0 Å². The Labute approximate surface area is 117 Å². The van der Waals surface area contributed by atoms with Crippen molar-refractivity contribution >= 4 is 21.8 Å². The number of hydrogen-bond donors (Lipinski definition) is 1. The van der Waals surface area contributed by atoms with E-state index >= 15 is 0 Å². The Kier molecular flexibility index (Phi) is 4.75. The Hall–Kier alpha value is -0.900. The minimum absolute atomic E-state index is 0.0658. The lowest BCUT2D eigenvalue weighted by Gasteiger charge is -2.27. The summed E-state index contributed by atoms with van der Waals surface area (Å²) in [6.45, 7) is 2.64. The molecule has 1 N–H and O–H groups in total. The SMILES string of the molecule is Cc1cccc(C(=O)NCC2CCCCC2Br)n1. The fourth-order valence-electron chi connectivity index (χ4n) is 2.38. The van der Waals surface area contributed by atoms with Gasteiger partial charge < -0.3 is 5.32 Å². The molecule has 3 nitrogen and oxygen atoms in total. The summed E-state index contributed by atoms with van der Waals surface area (Å²) in [7, 11) is 0. The lowest BCUT2D eigenvalue weighted by Crippen LogP contribution is -2.34. The van der Waals surface area contributed by atoms with Gasteiger partial charge in [0.2, 0.25) is 0 Å². The highest BCUT2D eigenvalue weighted by atomic mass is 79.9. The van der Waals surface area contributed by atoms with Crippen LogP contribution in [0.4, 0.5) is 0 Å². The number of nitrogens with one attached hydrogen (secondary N) is 1. The van der Waals surface area contributed by atoms with Crippen LogP contribution in [0.1, 0.15) is 41.9 Å². The zero-order chi connectivity index (χ0) is 13.0. The van der Waals surface area contributed by atoms with Crippen molar-refractivity contribution in [1.82, 2.24) is 10.3 Å².